The van der Waals surface area contributed by atoms with Crippen molar-refractivity contribution in [3.05, 3.63) is 24.0 Å². The number of hydrogen-bond donors (Lipinski definition) is 1. The average Bonchev–Trinajstić information content (AvgIpc) is 2.70. The van der Waals surface area contributed by atoms with Crippen molar-refractivity contribution in [1.29, 1.82) is 0 Å². The number of aryl methyl sites for hydroxylation is 1. The van der Waals surface area contributed by atoms with Gasteiger partial charge < -0.3 is 14.6 Å². The predicted molar refractivity (Wildman–Crippen MR) is 77.4 cm³/mol. The Morgan fingerprint density at radius 2 is 2.15 bits per heavy atom. The Kier molecular flexibility index (Phi) is 4.42. The second-order valence-corrected chi connectivity index (χ2v) is 6.70. The Labute approximate surface area is 118 Å². The van der Waals surface area contributed by atoms with E-state index >= 15 is 0 Å². The molecule has 0 bridgehead atoms. The van der Waals surface area contributed by atoms with Crippen LogP contribution in [0.4, 0.5) is 0 Å². The van der Waals surface area contributed by atoms with E-state index in [1.54, 1.807) is 25.3 Å². The molecule has 1 N–H and O–H groups in total. The van der Waals surface area contributed by atoms with Gasteiger partial charge in [0.2, 0.25) is 0 Å². The lowest BCUT2D eigenvalue weighted by molar-refractivity contribution is 0.199. The highest BCUT2D eigenvalue weighted by Crippen LogP contribution is 2.19. The van der Waals surface area contributed by atoms with Gasteiger partial charge in [0, 0.05) is 27.0 Å². The Hall–Kier alpha value is -1.44. The molecule has 2 aromatic rings. The number of imidazole rings is 1. The van der Waals surface area contributed by atoms with E-state index in [0.717, 1.165) is 17.9 Å². The second-order valence-electron chi connectivity index (χ2n) is 4.68. The highest BCUT2D eigenvalue weighted by atomic mass is 32.2. The van der Waals surface area contributed by atoms with Crippen LogP contribution in [-0.4, -0.2) is 44.5 Å². The number of sulfone groups is 1. The van der Waals surface area contributed by atoms with E-state index in [2.05, 4.69) is 10.3 Å². The van der Waals surface area contributed by atoms with E-state index in [0.29, 0.717) is 23.6 Å². The van der Waals surface area contributed by atoms with E-state index in [4.69, 9.17) is 4.74 Å². The summed E-state index contributed by atoms with van der Waals surface area (Å²) >= 11 is 0. The minimum Gasteiger partial charge on any atom is -0.383 e. The van der Waals surface area contributed by atoms with Gasteiger partial charge in [0.1, 0.15) is 5.82 Å². The fourth-order valence-electron chi connectivity index (χ4n) is 1.99. The van der Waals surface area contributed by atoms with Gasteiger partial charge in [-0.1, -0.05) is 0 Å². The molecule has 0 aliphatic rings. The summed E-state index contributed by atoms with van der Waals surface area (Å²) in [5, 5.41) is 3.22. The molecule has 1 aromatic carbocycles. The van der Waals surface area contributed by atoms with Gasteiger partial charge in [0.05, 0.1) is 29.1 Å². The Bertz CT molecular complexity index is 707. The van der Waals surface area contributed by atoms with Crippen molar-refractivity contribution in [2.45, 2.75) is 11.4 Å². The largest absolute Gasteiger partial charge is 0.383 e. The van der Waals surface area contributed by atoms with Crippen LogP contribution in [0.15, 0.2) is 23.1 Å². The van der Waals surface area contributed by atoms with Gasteiger partial charge in [0.15, 0.2) is 9.84 Å². The molecule has 0 unspecified atom stereocenters. The van der Waals surface area contributed by atoms with Gasteiger partial charge in [-0.2, -0.15) is 0 Å². The predicted octanol–water partition coefficient (Wildman–Crippen LogP) is 0.713. The first-order valence-corrected chi connectivity index (χ1v) is 8.17. The lowest BCUT2D eigenvalue weighted by atomic mass is 10.3. The topological polar surface area (TPSA) is 73.2 Å². The molecule has 0 fully saturated rings. The molecule has 110 valence electrons. The SMILES string of the molecule is COCCNCc1nc2cc(S(C)(=O)=O)ccc2n1C. The van der Waals surface area contributed by atoms with Crippen LogP contribution in [0.25, 0.3) is 11.0 Å². The quantitative estimate of drug-likeness (QED) is 0.795. The molecule has 1 heterocycles. The average molecular weight is 297 g/mol. The molecular weight excluding hydrogens is 278 g/mol. The van der Waals surface area contributed by atoms with Gasteiger partial charge >= 0.3 is 0 Å². The standard InChI is InChI=1S/C13H19N3O3S/c1-16-12-5-4-10(20(3,17)18)8-11(12)15-13(16)9-14-6-7-19-2/h4-5,8,14H,6-7,9H2,1-3H3. The van der Waals surface area contributed by atoms with Crippen LogP contribution < -0.4 is 5.32 Å². The lowest BCUT2D eigenvalue weighted by Gasteiger charge is -2.04. The first kappa shape index (κ1) is 15.0. The lowest BCUT2D eigenvalue weighted by Crippen LogP contribution is -2.20. The summed E-state index contributed by atoms with van der Waals surface area (Å²) < 4.78 is 30.0. The Morgan fingerprint density at radius 1 is 1.40 bits per heavy atom. The molecular formula is C13H19N3O3S. The summed E-state index contributed by atoms with van der Waals surface area (Å²) in [5.74, 6) is 0.863. The number of rotatable bonds is 6. The molecule has 20 heavy (non-hydrogen) atoms. The number of nitrogens with zero attached hydrogens (tertiary/aromatic N) is 2. The summed E-state index contributed by atoms with van der Waals surface area (Å²) in [7, 11) is 0.372. The smallest absolute Gasteiger partial charge is 0.175 e. The van der Waals surface area contributed by atoms with Gasteiger partial charge in [0.25, 0.3) is 0 Å². The molecule has 0 spiro atoms. The van der Waals surface area contributed by atoms with Gasteiger partial charge in [-0.05, 0) is 18.2 Å². The molecule has 0 amide bonds. The summed E-state index contributed by atoms with van der Waals surface area (Å²) in [4.78, 5) is 4.77. The molecule has 0 aliphatic heterocycles. The van der Waals surface area contributed by atoms with Crippen LogP contribution in [0, 0.1) is 0 Å². The minimum atomic E-state index is -3.20. The van der Waals surface area contributed by atoms with E-state index in [1.165, 1.54) is 6.26 Å². The maximum Gasteiger partial charge on any atom is 0.175 e. The van der Waals surface area contributed by atoms with Crippen molar-refractivity contribution in [1.82, 2.24) is 14.9 Å². The van der Waals surface area contributed by atoms with Crippen molar-refractivity contribution < 1.29 is 13.2 Å². The summed E-state index contributed by atoms with van der Waals surface area (Å²) in [6.07, 6.45) is 1.20. The van der Waals surface area contributed by atoms with Crippen molar-refractivity contribution in [3.8, 4) is 0 Å². The van der Waals surface area contributed by atoms with Gasteiger partial charge in [-0.3, -0.25) is 0 Å². The van der Waals surface area contributed by atoms with E-state index in [-0.39, 0.29) is 0 Å². The van der Waals surface area contributed by atoms with E-state index in [9.17, 15) is 8.42 Å². The number of benzene rings is 1. The number of methoxy groups -OCH3 is 1. The molecule has 7 heteroatoms. The third-order valence-corrected chi connectivity index (χ3v) is 4.25. The third kappa shape index (κ3) is 3.17. The van der Waals surface area contributed by atoms with Crippen LogP contribution in [-0.2, 0) is 28.2 Å². The first-order chi connectivity index (χ1) is 9.43. The van der Waals surface area contributed by atoms with Crippen LogP contribution in [0.3, 0.4) is 0 Å². The number of fused-ring (bicyclic) bond motifs is 1. The van der Waals surface area contributed by atoms with Gasteiger partial charge in [-0.15, -0.1) is 0 Å². The fraction of sp³-hybridized carbons (Fsp3) is 0.462. The van der Waals surface area contributed by atoms with Crippen LogP contribution in [0.1, 0.15) is 5.82 Å². The third-order valence-electron chi connectivity index (χ3n) is 3.14. The zero-order valence-electron chi connectivity index (χ0n) is 11.9. The summed E-state index contributed by atoms with van der Waals surface area (Å²) in [5.41, 5.74) is 1.61. The monoisotopic (exact) mass is 297 g/mol. The van der Waals surface area contributed by atoms with Crippen molar-refractivity contribution >= 4 is 20.9 Å². The molecule has 0 aliphatic carbocycles. The van der Waals surface area contributed by atoms with Crippen molar-refractivity contribution in [3.63, 3.8) is 0 Å². The van der Waals surface area contributed by atoms with Crippen LogP contribution in [0.5, 0.6) is 0 Å². The zero-order valence-corrected chi connectivity index (χ0v) is 12.7. The highest BCUT2D eigenvalue weighted by molar-refractivity contribution is 7.90. The molecule has 1 aromatic heterocycles. The van der Waals surface area contributed by atoms with Crippen molar-refractivity contribution in [2.24, 2.45) is 7.05 Å². The zero-order chi connectivity index (χ0) is 14.8. The normalized spacial score (nSPS) is 12.2. The molecule has 0 saturated heterocycles. The maximum absolute atomic E-state index is 11.6. The van der Waals surface area contributed by atoms with E-state index < -0.39 is 9.84 Å². The molecule has 0 saturated carbocycles. The van der Waals surface area contributed by atoms with Crippen LogP contribution >= 0.6 is 0 Å². The number of aromatic nitrogens is 2. The highest BCUT2D eigenvalue weighted by Gasteiger charge is 2.12. The molecule has 6 nitrogen and oxygen atoms in total. The first-order valence-electron chi connectivity index (χ1n) is 6.28. The second kappa shape index (κ2) is 5.90. The summed E-state index contributed by atoms with van der Waals surface area (Å²) in [6, 6.07) is 5.02. The van der Waals surface area contributed by atoms with Crippen LogP contribution in [0.2, 0.25) is 0 Å². The molecule has 2 rings (SSSR count). The summed E-state index contributed by atoms with van der Waals surface area (Å²) in [6.45, 7) is 2.00. The minimum absolute atomic E-state index is 0.294. The fourth-order valence-corrected chi connectivity index (χ4v) is 2.63. The Morgan fingerprint density at radius 3 is 2.80 bits per heavy atom. The van der Waals surface area contributed by atoms with Crippen molar-refractivity contribution in [2.75, 3.05) is 26.5 Å². The number of ether oxygens (including phenoxy) is 1. The Balaban J connectivity index is 2.28. The molecule has 0 radical (unpaired) electrons. The van der Waals surface area contributed by atoms with E-state index in [1.807, 2.05) is 11.6 Å². The number of hydrogen-bond acceptors (Lipinski definition) is 5. The number of nitrogens with one attached hydrogen (secondary N) is 1. The van der Waals surface area contributed by atoms with Gasteiger partial charge in [-0.25, -0.2) is 13.4 Å². The molecule has 0 atom stereocenters. The maximum atomic E-state index is 11.6.